The molecule has 1 aromatic carbocycles. The number of aromatic nitrogens is 2. The summed E-state index contributed by atoms with van der Waals surface area (Å²) in [6, 6.07) is 6.25. The standard InChI is InChI=1S/C19H24N4O5/c1-23(8-7-17-20-11-28-22-17)19(26)13-9-15(16(24)10-13)21-18(25)12-3-5-14(27-2)6-4-12/h3-6,11,13,15-16,24H,7-10H2,1-2H3,(H,21,25)/t13-,15+,16+/m0/s1. The zero-order valence-corrected chi connectivity index (χ0v) is 15.9. The third-order valence-corrected chi connectivity index (χ3v) is 5.00. The molecule has 0 saturated heterocycles. The summed E-state index contributed by atoms with van der Waals surface area (Å²) in [5, 5.41) is 16.9. The van der Waals surface area contributed by atoms with Crippen LogP contribution in [0.3, 0.4) is 0 Å². The zero-order chi connectivity index (χ0) is 20.1. The summed E-state index contributed by atoms with van der Waals surface area (Å²) in [5.74, 6) is 0.503. The molecule has 0 spiro atoms. The number of nitrogens with zero attached hydrogens (tertiary/aromatic N) is 3. The Morgan fingerprint density at radius 1 is 1.32 bits per heavy atom. The van der Waals surface area contributed by atoms with Gasteiger partial charge in [0.2, 0.25) is 12.3 Å². The number of hydrogen-bond acceptors (Lipinski definition) is 7. The van der Waals surface area contributed by atoms with E-state index in [9.17, 15) is 14.7 Å². The number of aliphatic hydroxyl groups is 1. The van der Waals surface area contributed by atoms with E-state index < -0.39 is 12.1 Å². The summed E-state index contributed by atoms with van der Waals surface area (Å²) in [6.07, 6.45) is 1.70. The number of hydrogen-bond donors (Lipinski definition) is 2. The van der Waals surface area contributed by atoms with E-state index in [-0.39, 0.29) is 17.7 Å². The Balaban J connectivity index is 1.52. The number of carbonyl (C=O) groups is 2. The highest BCUT2D eigenvalue weighted by atomic mass is 16.5. The number of likely N-dealkylation sites (N-methyl/N-ethyl adjacent to an activating group) is 1. The van der Waals surface area contributed by atoms with E-state index in [1.807, 2.05) is 0 Å². The van der Waals surface area contributed by atoms with Crippen LogP contribution in [0.4, 0.5) is 0 Å². The topological polar surface area (TPSA) is 118 Å². The lowest BCUT2D eigenvalue weighted by atomic mass is 10.1. The maximum Gasteiger partial charge on any atom is 0.251 e. The summed E-state index contributed by atoms with van der Waals surface area (Å²) in [5.41, 5.74) is 0.472. The van der Waals surface area contributed by atoms with Crippen molar-refractivity contribution in [1.82, 2.24) is 20.4 Å². The normalized spacial score (nSPS) is 21.3. The summed E-state index contributed by atoms with van der Waals surface area (Å²) in [7, 11) is 3.26. The van der Waals surface area contributed by atoms with Gasteiger partial charge >= 0.3 is 0 Å². The largest absolute Gasteiger partial charge is 0.497 e. The van der Waals surface area contributed by atoms with E-state index in [2.05, 4.69) is 20.0 Å². The molecule has 1 aliphatic rings. The molecule has 2 amide bonds. The monoisotopic (exact) mass is 388 g/mol. The molecule has 2 aromatic rings. The Bertz CT molecular complexity index is 793. The van der Waals surface area contributed by atoms with E-state index in [1.54, 1.807) is 43.3 Å². The van der Waals surface area contributed by atoms with Crippen molar-refractivity contribution >= 4 is 11.8 Å². The van der Waals surface area contributed by atoms with Crippen LogP contribution >= 0.6 is 0 Å². The van der Waals surface area contributed by atoms with E-state index in [4.69, 9.17) is 4.74 Å². The van der Waals surface area contributed by atoms with E-state index in [0.717, 1.165) is 0 Å². The van der Waals surface area contributed by atoms with E-state index >= 15 is 0 Å². The minimum Gasteiger partial charge on any atom is -0.497 e. The van der Waals surface area contributed by atoms with Gasteiger partial charge in [0.05, 0.1) is 19.3 Å². The summed E-state index contributed by atoms with van der Waals surface area (Å²) < 4.78 is 9.76. The van der Waals surface area contributed by atoms with Crippen molar-refractivity contribution in [3.8, 4) is 5.75 Å². The average Bonchev–Trinajstić information content (AvgIpc) is 3.35. The van der Waals surface area contributed by atoms with Gasteiger partial charge in [-0.05, 0) is 37.1 Å². The first-order chi connectivity index (χ1) is 13.5. The highest BCUT2D eigenvalue weighted by molar-refractivity contribution is 5.94. The summed E-state index contributed by atoms with van der Waals surface area (Å²) in [4.78, 5) is 30.6. The second-order valence-corrected chi connectivity index (χ2v) is 6.90. The van der Waals surface area contributed by atoms with Gasteiger partial charge in [0.15, 0.2) is 5.82 Å². The fourth-order valence-electron chi connectivity index (χ4n) is 3.36. The van der Waals surface area contributed by atoms with Gasteiger partial charge in [-0.1, -0.05) is 5.16 Å². The Labute approximate surface area is 162 Å². The average molecular weight is 388 g/mol. The highest BCUT2D eigenvalue weighted by Gasteiger charge is 2.38. The van der Waals surface area contributed by atoms with E-state index in [0.29, 0.717) is 42.9 Å². The van der Waals surface area contributed by atoms with Crippen LogP contribution in [0.2, 0.25) is 0 Å². The van der Waals surface area contributed by atoms with Crippen LogP contribution in [0, 0.1) is 5.92 Å². The first kappa shape index (κ1) is 19.8. The van der Waals surface area contributed by atoms with Gasteiger partial charge in [-0.3, -0.25) is 9.59 Å². The molecule has 150 valence electrons. The zero-order valence-electron chi connectivity index (χ0n) is 15.9. The molecule has 0 aliphatic heterocycles. The minimum atomic E-state index is -0.762. The van der Waals surface area contributed by atoms with Crippen LogP contribution in [0.25, 0.3) is 0 Å². The lowest BCUT2D eigenvalue weighted by Gasteiger charge is -2.20. The molecule has 0 unspecified atom stereocenters. The lowest BCUT2D eigenvalue weighted by Crippen LogP contribution is -2.40. The molecule has 1 aromatic heterocycles. The molecule has 9 nitrogen and oxygen atoms in total. The number of benzene rings is 1. The third kappa shape index (κ3) is 4.66. The molecule has 2 N–H and O–H groups in total. The summed E-state index contributed by atoms with van der Waals surface area (Å²) in [6.45, 7) is 0.452. The number of methoxy groups -OCH3 is 1. The van der Waals surface area contributed by atoms with Gasteiger partial charge in [-0.2, -0.15) is 4.98 Å². The number of amides is 2. The van der Waals surface area contributed by atoms with Gasteiger partial charge in [-0.25, -0.2) is 0 Å². The second kappa shape index (κ2) is 8.83. The molecule has 1 heterocycles. The van der Waals surface area contributed by atoms with Gasteiger partial charge in [0, 0.05) is 31.5 Å². The molecule has 1 saturated carbocycles. The first-order valence-corrected chi connectivity index (χ1v) is 9.11. The molecule has 1 aliphatic carbocycles. The van der Waals surface area contributed by atoms with Crippen LogP contribution < -0.4 is 10.1 Å². The van der Waals surface area contributed by atoms with Crippen molar-refractivity contribution < 1.29 is 24.0 Å². The molecule has 3 atom stereocenters. The van der Waals surface area contributed by atoms with Crippen molar-refractivity contribution in [2.75, 3.05) is 20.7 Å². The van der Waals surface area contributed by atoms with Gasteiger partial charge in [0.1, 0.15) is 5.75 Å². The highest BCUT2D eigenvalue weighted by Crippen LogP contribution is 2.28. The SMILES string of the molecule is COc1ccc(C(=O)N[C@@H]2C[C@H](C(=O)N(C)CCc3ncon3)C[C@H]2O)cc1. The van der Waals surface area contributed by atoms with Crippen LogP contribution in [0.15, 0.2) is 35.2 Å². The van der Waals surface area contributed by atoms with Gasteiger partial charge in [-0.15, -0.1) is 0 Å². The smallest absolute Gasteiger partial charge is 0.251 e. The van der Waals surface area contributed by atoms with Crippen LogP contribution in [-0.2, 0) is 11.2 Å². The van der Waals surface area contributed by atoms with Gasteiger partial charge < -0.3 is 24.6 Å². The van der Waals surface area contributed by atoms with Crippen LogP contribution in [0.5, 0.6) is 5.75 Å². The second-order valence-electron chi connectivity index (χ2n) is 6.90. The maximum atomic E-state index is 12.6. The molecular formula is C19H24N4O5. The molecule has 0 bridgehead atoms. The number of aliphatic hydroxyl groups excluding tert-OH is 1. The fourth-order valence-corrected chi connectivity index (χ4v) is 3.36. The van der Waals surface area contributed by atoms with Crippen molar-refractivity contribution in [2.45, 2.75) is 31.4 Å². The molecule has 28 heavy (non-hydrogen) atoms. The van der Waals surface area contributed by atoms with Gasteiger partial charge in [0.25, 0.3) is 5.91 Å². The molecule has 0 radical (unpaired) electrons. The van der Waals surface area contributed by atoms with Crippen LogP contribution in [0.1, 0.15) is 29.0 Å². The summed E-state index contributed by atoms with van der Waals surface area (Å²) >= 11 is 0. The Kier molecular flexibility index (Phi) is 6.25. The Morgan fingerprint density at radius 3 is 2.71 bits per heavy atom. The molecular weight excluding hydrogens is 364 g/mol. The molecule has 3 rings (SSSR count). The van der Waals surface area contributed by atoms with Crippen molar-refractivity contribution in [3.63, 3.8) is 0 Å². The molecule has 9 heteroatoms. The number of ether oxygens (including phenoxy) is 1. The lowest BCUT2D eigenvalue weighted by molar-refractivity contribution is -0.134. The molecule has 1 fully saturated rings. The van der Waals surface area contributed by atoms with Crippen LogP contribution in [-0.4, -0.2) is 64.8 Å². The third-order valence-electron chi connectivity index (χ3n) is 5.00. The number of rotatable bonds is 7. The maximum absolute atomic E-state index is 12.6. The minimum absolute atomic E-state index is 0.0660. The first-order valence-electron chi connectivity index (χ1n) is 9.11. The number of carbonyl (C=O) groups excluding carboxylic acids is 2. The Hall–Kier alpha value is -2.94. The van der Waals surface area contributed by atoms with Crippen molar-refractivity contribution in [2.24, 2.45) is 5.92 Å². The van der Waals surface area contributed by atoms with Crippen molar-refractivity contribution in [3.05, 3.63) is 42.0 Å². The number of nitrogens with one attached hydrogen (secondary N) is 1. The predicted molar refractivity (Wildman–Crippen MR) is 98.6 cm³/mol. The fraction of sp³-hybridized carbons (Fsp3) is 0.474. The van der Waals surface area contributed by atoms with Crippen molar-refractivity contribution in [1.29, 1.82) is 0 Å². The Morgan fingerprint density at radius 2 is 2.07 bits per heavy atom. The predicted octanol–water partition coefficient (Wildman–Crippen LogP) is 0.649. The van der Waals surface area contributed by atoms with E-state index in [1.165, 1.54) is 6.39 Å². The quantitative estimate of drug-likeness (QED) is 0.715.